The molecule has 0 spiro atoms. The van der Waals surface area contributed by atoms with Gasteiger partial charge in [-0.1, -0.05) is 31.5 Å². The molecular weight excluding hydrogens is 196 g/mol. The summed E-state index contributed by atoms with van der Waals surface area (Å²) in [5.74, 6) is 0.595. The van der Waals surface area contributed by atoms with Crippen molar-refractivity contribution in [3.63, 3.8) is 0 Å². The van der Waals surface area contributed by atoms with E-state index in [2.05, 4.69) is 43.1 Å². The molecule has 3 N–H and O–H groups in total. The van der Waals surface area contributed by atoms with Crippen LogP contribution in [0.25, 0.3) is 10.9 Å². The minimum absolute atomic E-state index is 0.595. The number of hydrogen-bond donors (Lipinski definition) is 2. The van der Waals surface area contributed by atoms with Crippen LogP contribution in [0, 0.1) is 12.8 Å². The van der Waals surface area contributed by atoms with E-state index in [1.807, 2.05) is 0 Å². The summed E-state index contributed by atoms with van der Waals surface area (Å²) in [5.41, 5.74) is 9.74. The van der Waals surface area contributed by atoms with Crippen LogP contribution in [0.3, 0.4) is 0 Å². The Labute approximate surface area is 96.9 Å². The van der Waals surface area contributed by atoms with Gasteiger partial charge in [-0.3, -0.25) is 0 Å². The van der Waals surface area contributed by atoms with Crippen molar-refractivity contribution in [1.82, 2.24) is 4.98 Å². The predicted molar refractivity (Wildman–Crippen MR) is 69.6 cm³/mol. The minimum atomic E-state index is 0.595. The highest BCUT2D eigenvalue weighted by atomic mass is 14.7. The van der Waals surface area contributed by atoms with Crippen molar-refractivity contribution in [3.05, 3.63) is 35.5 Å². The van der Waals surface area contributed by atoms with Crippen LogP contribution in [0.2, 0.25) is 0 Å². The van der Waals surface area contributed by atoms with Crippen LogP contribution in [-0.2, 0) is 6.42 Å². The molecule has 0 aliphatic rings. The molecule has 0 amide bonds. The van der Waals surface area contributed by atoms with Crippen molar-refractivity contribution in [3.8, 4) is 0 Å². The Bertz CT molecular complexity index is 467. The standard InChI is InChI=1S/C14H20N2/c1-3-11(9-15)8-13-10(2)16-14-7-5-4-6-12(13)14/h4-7,11,16H,3,8-9,15H2,1-2H3. The quantitative estimate of drug-likeness (QED) is 0.810. The van der Waals surface area contributed by atoms with Crippen molar-refractivity contribution >= 4 is 10.9 Å². The summed E-state index contributed by atoms with van der Waals surface area (Å²) >= 11 is 0. The molecule has 0 saturated heterocycles. The second kappa shape index (κ2) is 4.71. The summed E-state index contributed by atoms with van der Waals surface area (Å²) in [6, 6.07) is 8.50. The number of rotatable bonds is 4. The average Bonchev–Trinajstić information content (AvgIpc) is 2.62. The summed E-state index contributed by atoms with van der Waals surface area (Å²) in [5, 5.41) is 1.35. The number of H-pyrrole nitrogens is 1. The topological polar surface area (TPSA) is 41.8 Å². The number of aryl methyl sites for hydroxylation is 1. The van der Waals surface area contributed by atoms with Gasteiger partial charge in [-0.15, -0.1) is 0 Å². The largest absolute Gasteiger partial charge is 0.358 e. The molecule has 1 unspecified atom stereocenters. The van der Waals surface area contributed by atoms with Gasteiger partial charge in [-0.05, 0) is 37.4 Å². The van der Waals surface area contributed by atoms with Gasteiger partial charge >= 0.3 is 0 Å². The van der Waals surface area contributed by atoms with Gasteiger partial charge in [0.1, 0.15) is 0 Å². The van der Waals surface area contributed by atoms with Gasteiger partial charge < -0.3 is 10.7 Å². The van der Waals surface area contributed by atoms with Crippen LogP contribution < -0.4 is 5.73 Å². The van der Waals surface area contributed by atoms with E-state index in [1.165, 1.54) is 22.2 Å². The molecule has 0 saturated carbocycles. The molecule has 0 radical (unpaired) electrons. The van der Waals surface area contributed by atoms with E-state index in [1.54, 1.807) is 0 Å². The molecule has 1 aromatic heterocycles. The van der Waals surface area contributed by atoms with E-state index >= 15 is 0 Å². The number of aromatic nitrogens is 1. The SMILES string of the molecule is CCC(CN)Cc1c(C)[nH]c2ccccc12. The van der Waals surface area contributed by atoms with Crippen LogP contribution in [0.15, 0.2) is 24.3 Å². The van der Waals surface area contributed by atoms with E-state index in [4.69, 9.17) is 5.73 Å². The maximum absolute atomic E-state index is 5.78. The maximum Gasteiger partial charge on any atom is 0.0458 e. The van der Waals surface area contributed by atoms with Gasteiger partial charge in [0.2, 0.25) is 0 Å². The second-order valence-electron chi connectivity index (χ2n) is 4.49. The fourth-order valence-corrected chi connectivity index (χ4v) is 2.28. The van der Waals surface area contributed by atoms with Crippen LogP contribution in [0.5, 0.6) is 0 Å². The summed E-state index contributed by atoms with van der Waals surface area (Å²) in [6.07, 6.45) is 2.23. The monoisotopic (exact) mass is 216 g/mol. The van der Waals surface area contributed by atoms with Gasteiger partial charge in [0.15, 0.2) is 0 Å². The first kappa shape index (κ1) is 11.2. The van der Waals surface area contributed by atoms with E-state index in [9.17, 15) is 0 Å². The molecule has 1 atom stereocenters. The number of benzene rings is 1. The number of nitrogens with one attached hydrogen (secondary N) is 1. The molecule has 2 rings (SSSR count). The normalized spacial score (nSPS) is 13.2. The van der Waals surface area contributed by atoms with E-state index in [-0.39, 0.29) is 0 Å². The second-order valence-corrected chi connectivity index (χ2v) is 4.49. The molecule has 1 aromatic carbocycles. The Kier molecular flexibility index (Phi) is 3.30. The third kappa shape index (κ3) is 1.98. The van der Waals surface area contributed by atoms with E-state index in [0.717, 1.165) is 19.4 Å². The number of aromatic amines is 1. The maximum atomic E-state index is 5.78. The first-order valence-corrected chi connectivity index (χ1v) is 6.02. The predicted octanol–water partition coefficient (Wildman–Crippen LogP) is 3.00. The Morgan fingerprint density at radius 1 is 1.31 bits per heavy atom. The molecule has 0 aliphatic heterocycles. The Hall–Kier alpha value is -1.28. The van der Waals surface area contributed by atoms with Crippen LogP contribution in [0.4, 0.5) is 0 Å². The lowest BCUT2D eigenvalue weighted by Gasteiger charge is -2.12. The van der Waals surface area contributed by atoms with Crippen molar-refractivity contribution in [2.24, 2.45) is 11.7 Å². The fraction of sp³-hybridized carbons (Fsp3) is 0.429. The molecular formula is C14H20N2. The molecule has 0 bridgehead atoms. The molecule has 0 aliphatic carbocycles. The van der Waals surface area contributed by atoms with Gasteiger partial charge in [-0.2, -0.15) is 0 Å². The lowest BCUT2D eigenvalue weighted by atomic mass is 9.95. The smallest absolute Gasteiger partial charge is 0.0458 e. The van der Waals surface area contributed by atoms with Crippen LogP contribution in [0.1, 0.15) is 24.6 Å². The summed E-state index contributed by atoms with van der Waals surface area (Å²) in [6.45, 7) is 5.13. The van der Waals surface area contributed by atoms with Gasteiger partial charge in [0.05, 0.1) is 0 Å². The van der Waals surface area contributed by atoms with Crippen LogP contribution >= 0.6 is 0 Å². The third-order valence-electron chi connectivity index (χ3n) is 3.43. The zero-order valence-electron chi connectivity index (χ0n) is 10.1. The van der Waals surface area contributed by atoms with E-state index < -0.39 is 0 Å². The number of nitrogens with two attached hydrogens (primary N) is 1. The highest BCUT2D eigenvalue weighted by Crippen LogP contribution is 2.25. The highest BCUT2D eigenvalue weighted by Gasteiger charge is 2.12. The van der Waals surface area contributed by atoms with Gasteiger partial charge in [0, 0.05) is 16.6 Å². The van der Waals surface area contributed by atoms with Gasteiger partial charge in [0.25, 0.3) is 0 Å². The minimum Gasteiger partial charge on any atom is -0.358 e. The molecule has 2 aromatic rings. The van der Waals surface area contributed by atoms with Crippen molar-refractivity contribution in [2.45, 2.75) is 26.7 Å². The molecule has 0 fully saturated rings. The molecule has 86 valence electrons. The summed E-state index contributed by atoms with van der Waals surface area (Å²) in [4.78, 5) is 3.44. The fourth-order valence-electron chi connectivity index (χ4n) is 2.28. The van der Waals surface area contributed by atoms with Gasteiger partial charge in [-0.25, -0.2) is 0 Å². The summed E-state index contributed by atoms with van der Waals surface area (Å²) < 4.78 is 0. The number of hydrogen-bond acceptors (Lipinski definition) is 1. The highest BCUT2D eigenvalue weighted by molar-refractivity contribution is 5.84. The average molecular weight is 216 g/mol. The Balaban J connectivity index is 2.39. The molecule has 1 heterocycles. The summed E-state index contributed by atoms with van der Waals surface area (Å²) in [7, 11) is 0. The molecule has 2 heteroatoms. The van der Waals surface area contributed by atoms with Crippen molar-refractivity contribution < 1.29 is 0 Å². The number of para-hydroxylation sites is 1. The van der Waals surface area contributed by atoms with E-state index in [0.29, 0.717) is 5.92 Å². The van der Waals surface area contributed by atoms with Crippen molar-refractivity contribution in [2.75, 3.05) is 6.54 Å². The zero-order valence-corrected chi connectivity index (χ0v) is 10.1. The van der Waals surface area contributed by atoms with Crippen molar-refractivity contribution in [1.29, 1.82) is 0 Å². The Morgan fingerprint density at radius 2 is 2.06 bits per heavy atom. The lowest BCUT2D eigenvalue weighted by Crippen LogP contribution is -2.16. The molecule has 2 nitrogen and oxygen atoms in total. The zero-order chi connectivity index (χ0) is 11.5. The molecule has 16 heavy (non-hydrogen) atoms. The van der Waals surface area contributed by atoms with Crippen LogP contribution in [-0.4, -0.2) is 11.5 Å². The Morgan fingerprint density at radius 3 is 2.75 bits per heavy atom. The first-order valence-electron chi connectivity index (χ1n) is 6.02. The first-order chi connectivity index (χ1) is 7.76. The number of fused-ring (bicyclic) bond motifs is 1. The third-order valence-corrected chi connectivity index (χ3v) is 3.43. The lowest BCUT2D eigenvalue weighted by molar-refractivity contribution is 0.519.